The maximum Gasteiger partial charge on any atom is 0.337 e. The Hall–Kier alpha value is -2.13. The Morgan fingerprint density at radius 1 is 1.33 bits per heavy atom. The normalized spacial score (nSPS) is 9.95. The molecule has 5 N–H and O–H groups in total. The number of rotatable bonds is 7. The SMILES string of the molecule is NC(=O)COCCNC(=O)Nc1cc(Br)ccc1C(=O)O. The molecule has 21 heavy (non-hydrogen) atoms. The Morgan fingerprint density at radius 3 is 2.67 bits per heavy atom. The molecule has 1 aromatic rings. The highest BCUT2D eigenvalue weighted by molar-refractivity contribution is 9.10. The highest BCUT2D eigenvalue weighted by Gasteiger charge is 2.12. The summed E-state index contributed by atoms with van der Waals surface area (Å²) >= 11 is 3.19. The molecule has 8 nitrogen and oxygen atoms in total. The summed E-state index contributed by atoms with van der Waals surface area (Å²) in [6.07, 6.45) is 0. The number of urea groups is 1. The van der Waals surface area contributed by atoms with Crippen LogP contribution in [-0.2, 0) is 9.53 Å². The first kappa shape index (κ1) is 16.9. The van der Waals surface area contributed by atoms with E-state index in [-0.39, 0.29) is 31.0 Å². The van der Waals surface area contributed by atoms with E-state index in [1.54, 1.807) is 6.07 Å². The summed E-state index contributed by atoms with van der Waals surface area (Å²) in [5.41, 5.74) is 5.00. The molecule has 0 unspecified atom stereocenters. The molecule has 0 fully saturated rings. The lowest BCUT2D eigenvalue weighted by atomic mass is 10.2. The van der Waals surface area contributed by atoms with E-state index in [4.69, 9.17) is 15.6 Å². The molecular formula is C12H14BrN3O5. The van der Waals surface area contributed by atoms with Crippen LogP contribution in [0.2, 0.25) is 0 Å². The van der Waals surface area contributed by atoms with Crippen molar-refractivity contribution in [3.8, 4) is 0 Å². The van der Waals surface area contributed by atoms with Crippen molar-refractivity contribution in [1.82, 2.24) is 5.32 Å². The van der Waals surface area contributed by atoms with E-state index in [0.717, 1.165) is 0 Å². The van der Waals surface area contributed by atoms with E-state index < -0.39 is 17.9 Å². The van der Waals surface area contributed by atoms with Gasteiger partial charge in [0.1, 0.15) is 6.61 Å². The number of primary amides is 1. The van der Waals surface area contributed by atoms with Crippen LogP contribution in [0.1, 0.15) is 10.4 Å². The Kier molecular flexibility index (Phi) is 6.63. The number of carbonyl (C=O) groups excluding carboxylic acids is 2. The first-order valence-electron chi connectivity index (χ1n) is 5.84. The Morgan fingerprint density at radius 2 is 2.05 bits per heavy atom. The molecule has 0 bridgehead atoms. The third-order valence-corrected chi connectivity index (χ3v) is 2.73. The molecule has 0 saturated carbocycles. The van der Waals surface area contributed by atoms with Crippen molar-refractivity contribution in [1.29, 1.82) is 0 Å². The Balaban J connectivity index is 2.49. The van der Waals surface area contributed by atoms with E-state index in [1.165, 1.54) is 12.1 Å². The molecule has 9 heteroatoms. The molecular weight excluding hydrogens is 346 g/mol. The van der Waals surface area contributed by atoms with Crippen molar-refractivity contribution >= 4 is 39.5 Å². The molecule has 0 heterocycles. The van der Waals surface area contributed by atoms with E-state index in [9.17, 15) is 14.4 Å². The topological polar surface area (TPSA) is 131 Å². The zero-order chi connectivity index (χ0) is 15.8. The average Bonchev–Trinajstić information content (AvgIpc) is 2.37. The van der Waals surface area contributed by atoms with Crippen molar-refractivity contribution in [2.45, 2.75) is 0 Å². The van der Waals surface area contributed by atoms with Gasteiger partial charge in [-0.2, -0.15) is 0 Å². The molecule has 1 aromatic carbocycles. The lowest BCUT2D eigenvalue weighted by Gasteiger charge is -2.10. The van der Waals surface area contributed by atoms with Gasteiger partial charge in [0.25, 0.3) is 0 Å². The fourth-order valence-corrected chi connectivity index (χ4v) is 1.74. The fourth-order valence-electron chi connectivity index (χ4n) is 1.38. The van der Waals surface area contributed by atoms with Crippen LogP contribution in [0.5, 0.6) is 0 Å². The summed E-state index contributed by atoms with van der Waals surface area (Å²) in [4.78, 5) is 33.1. The molecule has 0 spiro atoms. The zero-order valence-corrected chi connectivity index (χ0v) is 12.5. The maximum absolute atomic E-state index is 11.6. The van der Waals surface area contributed by atoms with Crippen LogP contribution >= 0.6 is 15.9 Å². The number of benzene rings is 1. The van der Waals surface area contributed by atoms with Gasteiger partial charge in [-0.05, 0) is 18.2 Å². The predicted molar refractivity (Wildman–Crippen MR) is 78.1 cm³/mol. The summed E-state index contributed by atoms with van der Waals surface area (Å²) in [5.74, 6) is -1.75. The number of carbonyl (C=O) groups is 3. The minimum absolute atomic E-state index is 0.0293. The third kappa shape index (κ3) is 6.23. The number of carboxylic acids is 1. The molecule has 0 saturated heterocycles. The Bertz CT molecular complexity index is 550. The monoisotopic (exact) mass is 359 g/mol. The van der Waals surface area contributed by atoms with Crippen LogP contribution in [0.3, 0.4) is 0 Å². The first-order valence-corrected chi connectivity index (χ1v) is 6.63. The van der Waals surface area contributed by atoms with Crippen molar-refractivity contribution < 1.29 is 24.2 Å². The lowest BCUT2D eigenvalue weighted by molar-refractivity contribution is -0.122. The number of ether oxygens (including phenoxy) is 1. The third-order valence-electron chi connectivity index (χ3n) is 2.24. The number of hydrogen-bond donors (Lipinski definition) is 4. The van der Waals surface area contributed by atoms with Gasteiger partial charge < -0.3 is 26.2 Å². The van der Waals surface area contributed by atoms with Gasteiger partial charge in [-0.15, -0.1) is 0 Å². The van der Waals surface area contributed by atoms with Gasteiger partial charge in [0.05, 0.1) is 17.9 Å². The maximum atomic E-state index is 11.6. The van der Waals surface area contributed by atoms with E-state index >= 15 is 0 Å². The fraction of sp³-hybridized carbons (Fsp3) is 0.250. The summed E-state index contributed by atoms with van der Waals surface area (Å²) in [5, 5.41) is 13.9. The second-order valence-electron chi connectivity index (χ2n) is 3.89. The van der Waals surface area contributed by atoms with E-state index in [1.807, 2.05) is 0 Å². The van der Waals surface area contributed by atoms with Gasteiger partial charge in [0.2, 0.25) is 5.91 Å². The average molecular weight is 360 g/mol. The molecule has 0 aliphatic rings. The van der Waals surface area contributed by atoms with Gasteiger partial charge >= 0.3 is 12.0 Å². The van der Waals surface area contributed by atoms with Crippen molar-refractivity contribution in [2.24, 2.45) is 5.73 Å². The number of nitrogens with one attached hydrogen (secondary N) is 2. The Labute approximate surface area is 128 Å². The smallest absolute Gasteiger partial charge is 0.337 e. The van der Waals surface area contributed by atoms with Gasteiger partial charge in [0.15, 0.2) is 0 Å². The summed E-state index contributed by atoms with van der Waals surface area (Å²) < 4.78 is 5.49. The second kappa shape index (κ2) is 8.22. The van der Waals surface area contributed by atoms with Crippen LogP contribution < -0.4 is 16.4 Å². The minimum atomic E-state index is -1.15. The van der Waals surface area contributed by atoms with Crippen molar-refractivity contribution in [2.75, 3.05) is 25.1 Å². The molecule has 0 aromatic heterocycles. The highest BCUT2D eigenvalue weighted by Crippen LogP contribution is 2.21. The van der Waals surface area contributed by atoms with Crippen LogP contribution in [0.4, 0.5) is 10.5 Å². The van der Waals surface area contributed by atoms with Crippen LogP contribution in [0.25, 0.3) is 0 Å². The zero-order valence-electron chi connectivity index (χ0n) is 10.9. The number of amides is 3. The number of aromatic carboxylic acids is 1. The summed E-state index contributed by atoms with van der Waals surface area (Å²) in [7, 11) is 0. The lowest BCUT2D eigenvalue weighted by Crippen LogP contribution is -2.32. The number of nitrogens with two attached hydrogens (primary N) is 1. The van der Waals surface area contributed by atoms with E-state index in [2.05, 4.69) is 26.6 Å². The second-order valence-corrected chi connectivity index (χ2v) is 4.81. The van der Waals surface area contributed by atoms with Crippen LogP contribution in [-0.4, -0.2) is 42.8 Å². The standard InChI is InChI=1S/C12H14BrN3O5/c13-7-1-2-8(11(18)19)9(5-7)16-12(20)15-3-4-21-6-10(14)17/h1-2,5H,3-4,6H2,(H2,14,17)(H,18,19)(H2,15,16,20). The number of halogens is 1. The number of hydrogen-bond acceptors (Lipinski definition) is 4. The molecule has 1 rings (SSSR count). The predicted octanol–water partition coefficient (Wildman–Crippen LogP) is 0.771. The van der Waals surface area contributed by atoms with Crippen molar-refractivity contribution in [3.05, 3.63) is 28.2 Å². The van der Waals surface area contributed by atoms with E-state index in [0.29, 0.717) is 4.47 Å². The minimum Gasteiger partial charge on any atom is -0.478 e. The quantitative estimate of drug-likeness (QED) is 0.534. The number of anilines is 1. The molecule has 0 aliphatic heterocycles. The molecule has 114 valence electrons. The first-order chi connectivity index (χ1) is 9.90. The molecule has 0 radical (unpaired) electrons. The van der Waals surface area contributed by atoms with Crippen LogP contribution in [0, 0.1) is 0 Å². The largest absolute Gasteiger partial charge is 0.478 e. The highest BCUT2D eigenvalue weighted by atomic mass is 79.9. The number of carboxylic acid groups (broad SMARTS) is 1. The summed E-state index contributed by atoms with van der Waals surface area (Å²) in [6.45, 7) is 0.0360. The van der Waals surface area contributed by atoms with Gasteiger partial charge in [-0.1, -0.05) is 15.9 Å². The van der Waals surface area contributed by atoms with Crippen molar-refractivity contribution in [3.63, 3.8) is 0 Å². The summed E-state index contributed by atoms with van der Waals surface area (Å²) in [6, 6.07) is 3.83. The molecule has 0 aliphatic carbocycles. The van der Waals surface area contributed by atoms with Gasteiger partial charge in [-0.25, -0.2) is 9.59 Å². The van der Waals surface area contributed by atoms with Gasteiger partial charge in [-0.3, -0.25) is 4.79 Å². The molecule has 3 amide bonds. The van der Waals surface area contributed by atoms with Gasteiger partial charge in [0, 0.05) is 11.0 Å². The molecule has 0 atom stereocenters. The van der Waals surface area contributed by atoms with Crippen LogP contribution in [0.15, 0.2) is 22.7 Å².